The van der Waals surface area contributed by atoms with Crippen LogP contribution in [0.2, 0.25) is 0 Å². The summed E-state index contributed by atoms with van der Waals surface area (Å²) < 4.78 is 0. The maximum atomic E-state index is 3.30. The molecule has 2 nitrogen and oxygen atoms in total. The number of hydrogen-bond donors (Lipinski definition) is 1. The number of piperidine rings is 1. The molecule has 1 fully saturated rings. The molecule has 1 unspecified atom stereocenters. The first kappa shape index (κ1) is 12.6. The Hall–Kier alpha value is -0.860. The van der Waals surface area contributed by atoms with Crippen LogP contribution in [0.1, 0.15) is 24.0 Å². The van der Waals surface area contributed by atoms with Gasteiger partial charge in [-0.25, -0.2) is 0 Å². The van der Waals surface area contributed by atoms with Crippen molar-refractivity contribution in [2.75, 3.05) is 26.7 Å². The fourth-order valence-corrected chi connectivity index (χ4v) is 2.70. The number of likely N-dealkylation sites (tertiary alicyclic amines) is 1. The number of nitrogens with zero attached hydrogens (tertiary/aromatic N) is 1. The average molecular weight is 232 g/mol. The quantitative estimate of drug-likeness (QED) is 0.857. The predicted molar refractivity (Wildman–Crippen MR) is 73.1 cm³/mol. The van der Waals surface area contributed by atoms with Crippen molar-refractivity contribution in [1.82, 2.24) is 10.2 Å². The second-order valence-corrected chi connectivity index (χ2v) is 5.29. The zero-order chi connectivity index (χ0) is 12.1. The van der Waals surface area contributed by atoms with Gasteiger partial charge in [-0.15, -0.1) is 0 Å². The Kier molecular flexibility index (Phi) is 4.57. The number of rotatable bonds is 4. The molecule has 2 heteroatoms. The van der Waals surface area contributed by atoms with E-state index in [2.05, 4.69) is 48.5 Å². The molecule has 0 spiro atoms. The summed E-state index contributed by atoms with van der Waals surface area (Å²) in [6, 6.07) is 8.95. The fraction of sp³-hybridized carbons (Fsp3) is 0.600. The molecule has 17 heavy (non-hydrogen) atoms. The van der Waals surface area contributed by atoms with E-state index in [9.17, 15) is 0 Å². The van der Waals surface area contributed by atoms with Gasteiger partial charge in [-0.2, -0.15) is 0 Å². The second-order valence-electron chi connectivity index (χ2n) is 5.29. The van der Waals surface area contributed by atoms with Crippen LogP contribution >= 0.6 is 0 Å². The highest BCUT2D eigenvalue weighted by Crippen LogP contribution is 2.18. The molecule has 0 aliphatic carbocycles. The highest BCUT2D eigenvalue weighted by molar-refractivity contribution is 5.21. The molecule has 1 heterocycles. The van der Waals surface area contributed by atoms with Gasteiger partial charge < -0.3 is 5.32 Å². The molecular formula is C15H24N2. The van der Waals surface area contributed by atoms with Gasteiger partial charge in [0.1, 0.15) is 0 Å². The van der Waals surface area contributed by atoms with E-state index in [1.54, 1.807) is 0 Å². The zero-order valence-corrected chi connectivity index (χ0v) is 11.1. The lowest BCUT2D eigenvalue weighted by Gasteiger charge is -2.32. The van der Waals surface area contributed by atoms with Crippen LogP contribution in [0.3, 0.4) is 0 Å². The maximum Gasteiger partial charge on any atom is 0.0233 e. The molecule has 0 radical (unpaired) electrons. The van der Waals surface area contributed by atoms with Gasteiger partial charge in [0, 0.05) is 13.1 Å². The fourth-order valence-electron chi connectivity index (χ4n) is 2.70. The smallest absolute Gasteiger partial charge is 0.0233 e. The average Bonchev–Trinajstić information content (AvgIpc) is 2.33. The number of benzene rings is 1. The Morgan fingerprint density at radius 3 is 2.76 bits per heavy atom. The Balaban J connectivity index is 1.87. The van der Waals surface area contributed by atoms with E-state index in [0.29, 0.717) is 0 Å². The summed E-state index contributed by atoms with van der Waals surface area (Å²) in [7, 11) is 2.05. The number of hydrogen-bond acceptors (Lipinski definition) is 2. The lowest BCUT2D eigenvalue weighted by molar-refractivity contribution is 0.167. The molecule has 0 aromatic heterocycles. The van der Waals surface area contributed by atoms with Crippen molar-refractivity contribution in [3.8, 4) is 0 Å². The van der Waals surface area contributed by atoms with Crippen LogP contribution < -0.4 is 5.32 Å². The van der Waals surface area contributed by atoms with E-state index in [1.807, 2.05) is 0 Å². The van der Waals surface area contributed by atoms with Crippen molar-refractivity contribution in [3.63, 3.8) is 0 Å². The van der Waals surface area contributed by atoms with Crippen molar-refractivity contribution in [3.05, 3.63) is 35.4 Å². The Labute approximate surface area is 105 Å². The van der Waals surface area contributed by atoms with E-state index in [0.717, 1.165) is 19.0 Å². The van der Waals surface area contributed by atoms with Gasteiger partial charge in [0.15, 0.2) is 0 Å². The molecule has 2 rings (SSSR count). The number of aryl methyl sites for hydroxylation is 1. The SMILES string of the molecule is CNCC1CCCN(Cc2ccc(C)cc2)C1. The van der Waals surface area contributed by atoms with Crippen molar-refractivity contribution in [1.29, 1.82) is 0 Å². The molecule has 1 atom stereocenters. The monoisotopic (exact) mass is 232 g/mol. The summed E-state index contributed by atoms with van der Waals surface area (Å²) in [5.41, 5.74) is 2.79. The van der Waals surface area contributed by atoms with E-state index in [4.69, 9.17) is 0 Å². The van der Waals surface area contributed by atoms with Crippen LogP contribution in [0, 0.1) is 12.8 Å². The van der Waals surface area contributed by atoms with Crippen LogP contribution in [-0.4, -0.2) is 31.6 Å². The lowest BCUT2D eigenvalue weighted by atomic mass is 9.97. The summed E-state index contributed by atoms with van der Waals surface area (Å²) >= 11 is 0. The first-order chi connectivity index (χ1) is 8.28. The first-order valence-corrected chi connectivity index (χ1v) is 6.70. The summed E-state index contributed by atoms with van der Waals surface area (Å²) in [6.45, 7) is 6.92. The number of nitrogens with one attached hydrogen (secondary N) is 1. The van der Waals surface area contributed by atoms with Crippen molar-refractivity contribution in [2.24, 2.45) is 5.92 Å². The third-order valence-corrected chi connectivity index (χ3v) is 3.62. The van der Waals surface area contributed by atoms with Crippen LogP contribution in [0.15, 0.2) is 24.3 Å². The Bertz CT molecular complexity index is 329. The third-order valence-electron chi connectivity index (χ3n) is 3.62. The molecule has 0 bridgehead atoms. The Morgan fingerprint density at radius 2 is 2.06 bits per heavy atom. The third kappa shape index (κ3) is 3.83. The van der Waals surface area contributed by atoms with Crippen molar-refractivity contribution in [2.45, 2.75) is 26.3 Å². The molecule has 1 N–H and O–H groups in total. The molecule has 1 aliphatic heterocycles. The molecule has 1 aromatic rings. The minimum Gasteiger partial charge on any atom is -0.319 e. The summed E-state index contributed by atoms with van der Waals surface area (Å²) in [5, 5.41) is 3.30. The molecule has 0 amide bonds. The Morgan fingerprint density at radius 1 is 1.29 bits per heavy atom. The van der Waals surface area contributed by atoms with Gasteiger partial charge in [0.05, 0.1) is 0 Å². The van der Waals surface area contributed by atoms with Crippen molar-refractivity contribution < 1.29 is 0 Å². The van der Waals surface area contributed by atoms with Crippen LogP contribution in [0.25, 0.3) is 0 Å². The van der Waals surface area contributed by atoms with Gasteiger partial charge in [-0.1, -0.05) is 29.8 Å². The van der Waals surface area contributed by atoms with Gasteiger partial charge in [-0.3, -0.25) is 4.90 Å². The molecule has 0 saturated carbocycles. The topological polar surface area (TPSA) is 15.3 Å². The van der Waals surface area contributed by atoms with Gasteiger partial charge >= 0.3 is 0 Å². The molecular weight excluding hydrogens is 208 g/mol. The van der Waals surface area contributed by atoms with Crippen LogP contribution in [0.4, 0.5) is 0 Å². The lowest BCUT2D eigenvalue weighted by Crippen LogP contribution is -2.38. The standard InChI is InChI=1S/C15H24N2/c1-13-5-7-14(8-6-13)11-17-9-3-4-15(12-17)10-16-2/h5-8,15-16H,3-4,9-12H2,1-2H3. The summed E-state index contributed by atoms with van der Waals surface area (Å²) in [5.74, 6) is 0.833. The maximum absolute atomic E-state index is 3.30. The highest BCUT2D eigenvalue weighted by Gasteiger charge is 2.18. The van der Waals surface area contributed by atoms with Crippen molar-refractivity contribution >= 4 is 0 Å². The van der Waals surface area contributed by atoms with Crippen LogP contribution in [-0.2, 0) is 6.54 Å². The molecule has 1 aromatic carbocycles. The first-order valence-electron chi connectivity index (χ1n) is 6.70. The van der Waals surface area contributed by atoms with Gasteiger partial charge in [-0.05, 0) is 51.4 Å². The van der Waals surface area contributed by atoms with Crippen LogP contribution in [0.5, 0.6) is 0 Å². The minimum atomic E-state index is 0.833. The predicted octanol–water partition coefficient (Wildman–Crippen LogP) is 2.43. The molecule has 1 saturated heterocycles. The van der Waals surface area contributed by atoms with Gasteiger partial charge in [0.25, 0.3) is 0 Å². The molecule has 1 aliphatic rings. The largest absolute Gasteiger partial charge is 0.319 e. The zero-order valence-electron chi connectivity index (χ0n) is 11.1. The van der Waals surface area contributed by atoms with Gasteiger partial charge in [0.2, 0.25) is 0 Å². The second kappa shape index (κ2) is 6.18. The van der Waals surface area contributed by atoms with E-state index in [1.165, 1.54) is 37.1 Å². The minimum absolute atomic E-state index is 0.833. The van der Waals surface area contributed by atoms with E-state index < -0.39 is 0 Å². The van der Waals surface area contributed by atoms with E-state index in [-0.39, 0.29) is 0 Å². The van der Waals surface area contributed by atoms with E-state index >= 15 is 0 Å². The summed E-state index contributed by atoms with van der Waals surface area (Å²) in [6.07, 6.45) is 2.73. The highest BCUT2D eigenvalue weighted by atomic mass is 15.1. The summed E-state index contributed by atoms with van der Waals surface area (Å²) in [4.78, 5) is 2.59. The normalized spacial score (nSPS) is 21.6. The molecule has 94 valence electrons.